The summed E-state index contributed by atoms with van der Waals surface area (Å²) in [5, 5.41) is 13.0. The molecule has 0 atom stereocenters. The smallest absolute Gasteiger partial charge is 0.118 e. The Labute approximate surface area is 105 Å². The second-order valence-electron chi connectivity index (χ2n) is 4.11. The van der Waals surface area contributed by atoms with E-state index in [0.29, 0.717) is 5.75 Å². The van der Waals surface area contributed by atoms with Crippen molar-refractivity contribution in [3.63, 3.8) is 0 Å². The molecular weight excluding hydrogens is 268 g/mol. The van der Waals surface area contributed by atoms with Crippen LogP contribution in [0.15, 0.2) is 22.7 Å². The molecule has 2 rings (SSSR count). The van der Waals surface area contributed by atoms with E-state index in [4.69, 9.17) is 0 Å². The Balaban J connectivity index is 1.90. The van der Waals surface area contributed by atoms with Crippen molar-refractivity contribution in [3.8, 4) is 5.75 Å². The van der Waals surface area contributed by atoms with Crippen molar-refractivity contribution in [2.24, 2.45) is 0 Å². The molecule has 4 heteroatoms. The quantitative estimate of drug-likeness (QED) is 0.885. The molecule has 0 aromatic heterocycles. The summed E-state index contributed by atoms with van der Waals surface area (Å²) in [5.41, 5.74) is 1.02. The van der Waals surface area contributed by atoms with Crippen molar-refractivity contribution in [1.82, 2.24) is 10.2 Å². The summed E-state index contributed by atoms with van der Waals surface area (Å²) in [6, 6.07) is 5.61. The third kappa shape index (κ3) is 3.20. The highest BCUT2D eigenvalue weighted by atomic mass is 79.9. The molecule has 1 fully saturated rings. The van der Waals surface area contributed by atoms with Gasteiger partial charge in [0, 0.05) is 37.2 Å². The fourth-order valence-corrected chi connectivity index (χ4v) is 2.38. The van der Waals surface area contributed by atoms with Crippen LogP contribution in [0.2, 0.25) is 0 Å². The summed E-state index contributed by atoms with van der Waals surface area (Å²) in [7, 11) is 0. The minimum Gasteiger partial charge on any atom is -0.508 e. The lowest BCUT2D eigenvalue weighted by Gasteiger charge is -2.27. The van der Waals surface area contributed by atoms with Crippen LogP contribution in [0.25, 0.3) is 0 Å². The Morgan fingerprint density at radius 2 is 2.06 bits per heavy atom. The van der Waals surface area contributed by atoms with Gasteiger partial charge in [0.2, 0.25) is 0 Å². The Morgan fingerprint density at radius 3 is 2.81 bits per heavy atom. The van der Waals surface area contributed by atoms with Crippen LogP contribution in [0.5, 0.6) is 5.75 Å². The van der Waals surface area contributed by atoms with Gasteiger partial charge in [0.1, 0.15) is 5.75 Å². The van der Waals surface area contributed by atoms with Gasteiger partial charge in [-0.2, -0.15) is 0 Å². The van der Waals surface area contributed by atoms with Crippen LogP contribution in [0.1, 0.15) is 5.56 Å². The number of hydrogen-bond acceptors (Lipinski definition) is 3. The fourth-order valence-electron chi connectivity index (χ4n) is 1.97. The molecule has 1 aliphatic heterocycles. The lowest BCUT2D eigenvalue weighted by Crippen LogP contribution is -2.44. The highest BCUT2D eigenvalue weighted by Crippen LogP contribution is 2.22. The molecule has 0 bridgehead atoms. The Kier molecular flexibility index (Phi) is 4.21. The number of benzene rings is 1. The highest BCUT2D eigenvalue weighted by Gasteiger charge is 2.10. The molecule has 1 saturated heterocycles. The van der Waals surface area contributed by atoms with E-state index in [-0.39, 0.29) is 0 Å². The minimum atomic E-state index is 0.401. The van der Waals surface area contributed by atoms with Gasteiger partial charge in [-0.25, -0.2) is 0 Å². The van der Waals surface area contributed by atoms with Gasteiger partial charge < -0.3 is 15.3 Å². The summed E-state index contributed by atoms with van der Waals surface area (Å²) in [4.78, 5) is 2.43. The molecule has 1 aromatic carbocycles. The predicted octanol–water partition coefficient (Wildman–Crippen LogP) is 1.60. The van der Waals surface area contributed by atoms with Crippen LogP contribution in [-0.2, 0) is 6.42 Å². The number of aromatic hydroxyl groups is 1. The first-order valence-corrected chi connectivity index (χ1v) is 6.45. The van der Waals surface area contributed by atoms with E-state index < -0.39 is 0 Å². The molecule has 0 unspecified atom stereocenters. The number of phenols is 1. The number of phenolic OH excluding ortho intramolecular Hbond substituents is 1. The topological polar surface area (TPSA) is 35.5 Å². The van der Waals surface area contributed by atoms with E-state index in [1.165, 1.54) is 0 Å². The lowest BCUT2D eigenvalue weighted by atomic mass is 10.1. The van der Waals surface area contributed by atoms with Gasteiger partial charge in [-0.15, -0.1) is 0 Å². The van der Waals surface area contributed by atoms with Crippen molar-refractivity contribution in [3.05, 3.63) is 28.2 Å². The number of halogens is 1. The molecule has 0 aliphatic carbocycles. The van der Waals surface area contributed by atoms with E-state index in [2.05, 4.69) is 26.1 Å². The van der Waals surface area contributed by atoms with Crippen LogP contribution in [0.3, 0.4) is 0 Å². The fraction of sp³-hybridized carbons (Fsp3) is 0.500. The SMILES string of the molecule is Oc1ccc(Br)cc1CCN1CCNCC1. The zero-order valence-electron chi connectivity index (χ0n) is 9.25. The number of rotatable bonds is 3. The average Bonchev–Trinajstić information content (AvgIpc) is 2.32. The minimum absolute atomic E-state index is 0.401. The maximum Gasteiger partial charge on any atom is 0.118 e. The van der Waals surface area contributed by atoms with E-state index in [1.54, 1.807) is 6.07 Å². The van der Waals surface area contributed by atoms with Gasteiger partial charge in [0.25, 0.3) is 0 Å². The van der Waals surface area contributed by atoms with Gasteiger partial charge in [0.05, 0.1) is 0 Å². The van der Waals surface area contributed by atoms with Crippen molar-refractivity contribution in [1.29, 1.82) is 0 Å². The van der Waals surface area contributed by atoms with Gasteiger partial charge in [0.15, 0.2) is 0 Å². The van der Waals surface area contributed by atoms with Crippen molar-refractivity contribution < 1.29 is 5.11 Å². The molecule has 0 spiro atoms. The third-order valence-corrected chi connectivity index (χ3v) is 3.44. The maximum absolute atomic E-state index is 9.71. The molecule has 0 amide bonds. The molecule has 3 nitrogen and oxygen atoms in total. The summed E-state index contributed by atoms with van der Waals surface area (Å²) in [6.07, 6.45) is 0.908. The standard InChI is InChI=1S/C12H17BrN2O/c13-11-1-2-12(16)10(9-11)3-6-15-7-4-14-5-8-15/h1-2,9,14,16H,3-8H2. The third-order valence-electron chi connectivity index (χ3n) is 2.95. The molecule has 0 radical (unpaired) electrons. The highest BCUT2D eigenvalue weighted by molar-refractivity contribution is 9.10. The molecule has 2 N–H and O–H groups in total. The Bertz CT molecular complexity index is 351. The van der Waals surface area contributed by atoms with Crippen LogP contribution >= 0.6 is 15.9 Å². The van der Waals surface area contributed by atoms with E-state index >= 15 is 0 Å². The average molecular weight is 285 g/mol. The maximum atomic E-state index is 9.71. The number of piperazine rings is 1. The number of nitrogens with zero attached hydrogens (tertiary/aromatic N) is 1. The normalized spacial score (nSPS) is 17.6. The molecule has 16 heavy (non-hydrogen) atoms. The zero-order chi connectivity index (χ0) is 11.4. The van der Waals surface area contributed by atoms with Crippen molar-refractivity contribution in [2.45, 2.75) is 6.42 Å². The number of nitrogens with one attached hydrogen (secondary N) is 1. The second kappa shape index (κ2) is 5.66. The Morgan fingerprint density at radius 1 is 1.31 bits per heavy atom. The lowest BCUT2D eigenvalue weighted by molar-refractivity contribution is 0.243. The Hall–Kier alpha value is -0.580. The molecule has 0 saturated carbocycles. The first-order valence-electron chi connectivity index (χ1n) is 5.66. The molecule has 88 valence electrons. The van der Waals surface area contributed by atoms with Crippen LogP contribution in [0.4, 0.5) is 0 Å². The van der Waals surface area contributed by atoms with Crippen molar-refractivity contribution >= 4 is 15.9 Å². The van der Waals surface area contributed by atoms with E-state index in [0.717, 1.165) is 49.2 Å². The molecule has 1 aromatic rings. The largest absolute Gasteiger partial charge is 0.508 e. The monoisotopic (exact) mass is 284 g/mol. The van der Waals surface area contributed by atoms with Gasteiger partial charge >= 0.3 is 0 Å². The first-order chi connectivity index (χ1) is 7.75. The molecule has 1 heterocycles. The van der Waals surface area contributed by atoms with E-state index in [9.17, 15) is 5.11 Å². The summed E-state index contributed by atoms with van der Waals surface area (Å²) in [5.74, 6) is 0.401. The van der Waals surface area contributed by atoms with Crippen LogP contribution < -0.4 is 5.32 Å². The summed E-state index contributed by atoms with van der Waals surface area (Å²) in [6.45, 7) is 5.38. The van der Waals surface area contributed by atoms with Gasteiger partial charge in [-0.05, 0) is 30.2 Å². The van der Waals surface area contributed by atoms with Gasteiger partial charge in [-0.1, -0.05) is 15.9 Å². The molecule has 1 aliphatic rings. The molecular formula is C12H17BrN2O. The first kappa shape index (κ1) is 11.9. The van der Waals surface area contributed by atoms with Gasteiger partial charge in [-0.3, -0.25) is 0 Å². The second-order valence-corrected chi connectivity index (χ2v) is 5.03. The van der Waals surface area contributed by atoms with Crippen LogP contribution in [0, 0.1) is 0 Å². The van der Waals surface area contributed by atoms with Crippen molar-refractivity contribution in [2.75, 3.05) is 32.7 Å². The zero-order valence-corrected chi connectivity index (χ0v) is 10.8. The number of hydrogen-bond donors (Lipinski definition) is 2. The summed E-state index contributed by atoms with van der Waals surface area (Å²) < 4.78 is 1.03. The van der Waals surface area contributed by atoms with E-state index in [1.807, 2.05) is 12.1 Å². The van der Waals surface area contributed by atoms with Crippen LogP contribution in [-0.4, -0.2) is 42.7 Å². The summed E-state index contributed by atoms with van der Waals surface area (Å²) >= 11 is 3.43. The predicted molar refractivity (Wildman–Crippen MR) is 68.8 cm³/mol.